The molecule has 0 unspecified atom stereocenters. The number of urea groups is 1. The minimum atomic E-state index is -0.0404. The Morgan fingerprint density at radius 2 is 2.09 bits per heavy atom. The molecule has 0 aliphatic carbocycles. The normalized spacial score (nSPS) is 20.3. The van der Waals surface area contributed by atoms with Gasteiger partial charge in [0.25, 0.3) is 0 Å². The van der Waals surface area contributed by atoms with Crippen molar-refractivity contribution < 1.29 is 9.59 Å². The maximum absolute atomic E-state index is 12.5. The van der Waals surface area contributed by atoms with Crippen LogP contribution in [0.2, 0.25) is 5.02 Å². The number of carbonyl (C=O) groups excluding carboxylic acids is 2. The van der Waals surface area contributed by atoms with Gasteiger partial charge < -0.3 is 15.1 Å². The monoisotopic (exact) mass is 335 g/mol. The molecule has 0 aromatic heterocycles. The van der Waals surface area contributed by atoms with E-state index in [4.69, 9.17) is 11.6 Å². The average molecular weight is 336 g/mol. The molecule has 1 aromatic carbocycles. The predicted molar refractivity (Wildman–Crippen MR) is 89.4 cm³/mol. The standard InChI is InChI=1S/C17H22ClN3O2/c1-2-16(22)20-8-6-15(11-20)19-17(23)21-7-5-12-9-14(18)4-3-13(12)10-21/h3-4,9,15H,2,5-8,10-11H2,1H3,(H,19,23)/t15-/m1/s1. The lowest BCUT2D eigenvalue weighted by molar-refractivity contribution is -0.129. The number of nitrogens with zero attached hydrogens (tertiary/aromatic N) is 2. The van der Waals surface area contributed by atoms with Crippen LogP contribution in [0.15, 0.2) is 18.2 Å². The van der Waals surface area contributed by atoms with Crippen LogP contribution >= 0.6 is 11.6 Å². The molecular formula is C17H22ClN3O2. The van der Waals surface area contributed by atoms with E-state index in [1.54, 1.807) is 0 Å². The van der Waals surface area contributed by atoms with Gasteiger partial charge in [-0.2, -0.15) is 0 Å². The van der Waals surface area contributed by atoms with Crippen LogP contribution in [0.3, 0.4) is 0 Å². The molecule has 23 heavy (non-hydrogen) atoms. The molecule has 5 nitrogen and oxygen atoms in total. The van der Waals surface area contributed by atoms with E-state index < -0.39 is 0 Å². The topological polar surface area (TPSA) is 52.7 Å². The summed E-state index contributed by atoms with van der Waals surface area (Å²) in [7, 11) is 0. The fraction of sp³-hybridized carbons (Fsp3) is 0.529. The molecule has 0 spiro atoms. The molecule has 0 bridgehead atoms. The summed E-state index contributed by atoms with van der Waals surface area (Å²) in [6, 6.07) is 5.87. The van der Waals surface area contributed by atoms with E-state index in [-0.39, 0.29) is 18.0 Å². The second kappa shape index (κ2) is 6.79. The molecule has 1 atom stereocenters. The molecule has 1 aromatic rings. The first-order valence-electron chi connectivity index (χ1n) is 8.17. The van der Waals surface area contributed by atoms with E-state index in [1.165, 1.54) is 5.56 Å². The van der Waals surface area contributed by atoms with Crippen molar-refractivity contribution in [3.05, 3.63) is 34.3 Å². The van der Waals surface area contributed by atoms with E-state index in [0.29, 0.717) is 26.1 Å². The van der Waals surface area contributed by atoms with Crippen LogP contribution in [0, 0.1) is 0 Å². The molecule has 3 amide bonds. The number of hydrogen-bond donors (Lipinski definition) is 1. The summed E-state index contributed by atoms with van der Waals surface area (Å²) in [5, 5.41) is 3.81. The third-order valence-electron chi connectivity index (χ3n) is 4.64. The Hall–Kier alpha value is -1.75. The van der Waals surface area contributed by atoms with E-state index in [0.717, 1.165) is 30.0 Å². The number of likely N-dealkylation sites (tertiary alicyclic amines) is 1. The van der Waals surface area contributed by atoms with Crippen LogP contribution < -0.4 is 5.32 Å². The first-order chi connectivity index (χ1) is 11.1. The van der Waals surface area contributed by atoms with Gasteiger partial charge in [-0.25, -0.2) is 4.79 Å². The Labute approximate surface area is 141 Å². The molecule has 6 heteroatoms. The second-order valence-corrected chi connectivity index (χ2v) is 6.65. The highest BCUT2D eigenvalue weighted by Gasteiger charge is 2.28. The van der Waals surface area contributed by atoms with Gasteiger partial charge in [-0.05, 0) is 36.1 Å². The zero-order valence-corrected chi connectivity index (χ0v) is 14.1. The molecule has 3 rings (SSSR count). The molecule has 1 fully saturated rings. The first kappa shape index (κ1) is 16.1. The average Bonchev–Trinajstić information content (AvgIpc) is 3.02. The molecule has 2 aliphatic rings. The van der Waals surface area contributed by atoms with Gasteiger partial charge in [-0.15, -0.1) is 0 Å². The highest BCUT2D eigenvalue weighted by Crippen LogP contribution is 2.23. The van der Waals surface area contributed by atoms with Crippen molar-refractivity contribution in [1.82, 2.24) is 15.1 Å². The van der Waals surface area contributed by atoms with Crippen molar-refractivity contribution in [2.24, 2.45) is 0 Å². The van der Waals surface area contributed by atoms with Crippen LogP contribution in [-0.4, -0.2) is 47.4 Å². The summed E-state index contributed by atoms with van der Waals surface area (Å²) >= 11 is 6.02. The third kappa shape index (κ3) is 3.61. The van der Waals surface area contributed by atoms with Gasteiger partial charge in [0.1, 0.15) is 0 Å². The van der Waals surface area contributed by atoms with Gasteiger partial charge in [0.05, 0.1) is 0 Å². The quantitative estimate of drug-likeness (QED) is 0.902. The summed E-state index contributed by atoms with van der Waals surface area (Å²) in [4.78, 5) is 27.8. The van der Waals surface area contributed by atoms with Crippen LogP contribution in [0.1, 0.15) is 30.9 Å². The SMILES string of the molecule is CCC(=O)N1CC[C@@H](NC(=O)N2CCc3cc(Cl)ccc3C2)C1. The Morgan fingerprint density at radius 1 is 1.26 bits per heavy atom. The number of carbonyl (C=O) groups is 2. The van der Waals surface area contributed by atoms with Crippen molar-refractivity contribution >= 4 is 23.5 Å². The minimum absolute atomic E-state index is 0.0404. The minimum Gasteiger partial charge on any atom is -0.341 e. The summed E-state index contributed by atoms with van der Waals surface area (Å²) < 4.78 is 0. The molecule has 1 saturated heterocycles. The van der Waals surface area contributed by atoms with E-state index in [1.807, 2.05) is 34.9 Å². The number of hydrogen-bond acceptors (Lipinski definition) is 2. The maximum Gasteiger partial charge on any atom is 0.317 e. The largest absolute Gasteiger partial charge is 0.341 e. The lowest BCUT2D eigenvalue weighted by Gasteiger charge is -2.30. The van der Waals surface area contributed by atoms with Crippen molar-refractivity contribution in [2.45, 2.75) is 38.8 Å². The van der Waals surface area contributed by atoms with Crippen LogP contribution in [0.5, 0.6) is 0 Å². The van der Waals surface area contributed by atoms with Crippen LogP contribution in [0.4, 0.5) is 4.79 Å². The third-order valence-corrected chi connectivity index (χ3v) is 4.87. The molecule has 1 N–H and O–H groups in total. The van der Waals surface area contributed by atoms with Gasteiger partial charge in [-0.1, -0.05) is 24.6 Å². The van der Waals surface area contributed by atoms with Gasteiger partial charge in [0.15, 0.2) is 0 Å². The van der Waals surface area contributed by atoms with Gasteiger partial charge in [0.2, 0.25) is 5.91 Å². The van der Waals surface area contributed by atoms with Crippen molar-refractivity contribution in [1.29, 1.82) is 0 Å². The molecule has 2 heterocycles. The summed E-state index contributed by atoms with van der Waals surface area (Å²) in [6.07, 6.45) is 2.18. The Kier molecular flexibility index (Phi) is 4.76. The van der Waals surface area contributed by atoms with Crippen molar-refractivity contribution in [2.75, 3.05) is 19.6 Å². The molecule has 124 valence electrons. The molecule has 2 aliphatic heterocycles. The van der Waals surface area contributed by atoms with Crippen molar-refractivity contribution in [3.63, 3.8) is 0 Å². The zero-order chi connectivity index (χ0) is 16.4. The van der Waals surface area contributed by atoms with Crippen LogP contribution in [-0.2, 0) is 17.8 Å². The number of fused-ring (bicyclic) bond motifs is 1. The highest BCUT2D eigenvalue weighted by molar-refractivity contribution is 6.30. The van der Waals surface area contributed by atoms with E-state index >= 15 is 0 Å². The fourth-order valence-electron chi connectivity index (χ4n) is 3.29. The number of amides is 3. The lowest BCUT2D eigenvalue weighted by Crippen LogP contribution is -2.47. The Balaban J connectivity index is 1.56. The zero-order valence-electron chi connectivity index (χ0n) is 13.3. The smallest absolute Gasteiger partial charge is 0.317 e. The summed E-state index contributed by atoms with van der Waals surface area (Å²) in [5.41, 5.74) is 2.38. The lowest BCUT2D eigenvalue weighted by atomic mass is 10.0. The van der Waals surface area contributed by atoms with Crippen LogP contribution in [0.25, 0.3) is 0 Å². The highest BCUT2D eigenvalue weighted by atomic mass is 35.5. The molecule has 0 saturated carbocycles. The Bertz CT molecular complexity index is 620. The van der Waals surface area contributed by atoms with E-state index in [9.17, 15) is 9.59 Å². The van der Waals surface area contributed by atoms with Gasteiger partial charge >= 0.3 is 6.03 Å². The molecular weight excluding hydrogens is 314 g/mol. The second-order valence-electron chi connectivity index (χ2n) is 6.21. The fourth-order valence-corrected chi connectivity index (χ4v) is 3.48. The Morgan fingerprint density at radius 3 is 2.87 bits per heavy atom. The number of nitrogens with one attached hydrogen (secondary N) is 1. The van der Waals surface area contributed by atoms with Gasteiger partial charge in [-0.3, -0.25) is 4.79 Å². The number of rotatable bonds is 2. The maximum atomic E-state index is 12.5. The molecule has 0 radical (unpaired) electrons. The summed E-state index contributed by atoms with van der Waals surface area (Å²) in [5.74, 6) is 0.158. The number of benzene rings is 1. The predicted octanol–water partition coefficient (Wildman–Crippen LogP) is 2.42. The first-order valence-corrected chi connectivity index (χ1v) is 8.55. The van der Waals surface area contributed by atoms with Crippen molar-refractivity contribution in [3.8, 4) is 0 Å². The van der Waals surface area contributed by atoms with Gasteiger partial charge in [0, 0.05) is 43.7 Å². The summed E-state index contributed by atoms with van der Waals surface area (Å²) in [6.45, 7) is 4.54. The van der Waals surface area contributed by atoms with E-state index in [2.05, 4.69) is 5.32 Å². The number of halogens is 1.